The largest absolute Gasteiger partial charge is 0.544 e. The topological polar surface area (TPSA) is 69.2 Å². The van der Waals surface area contributed by atoms with E-state index in [1.165, 1.54) is 96.3 Å². The molecule has 0 aromatic heterocycles. The van der Waals surface area contributed by atoms with Gasteiger partial charge in [0.05, 0.1) is 26.6 Å². The van der Waals surface area contributed by atoms with E-state index in [4.69, 9.17) is 0 Å². The lowest BCUT2D eigenvalue weighted by atomic mass is 10.1. The van der Waals surface area contributed by atoms with Crippen molar-refractivity contribution in [2.75, 3.05) is 33.7 Å². The Hall–Kier alpha value is -1.36. The van der Waals surface area contributed by atoms with Crippen LogP contribution < -0.4 is 10.4 Å². The summed E-state index contributed by atoms with van der Waals surface area (Å²) in [5.74, 6) is -0.915. The van der Waals surface area contributed by atoms with Gasteiger partial charge in [-0.15, -0.1) is 0 Å². The number of aliphatic carboxylic acids is 1. The molecule has 0 rings (SSSR count). The minimum atomic E-state index is -1.03. The van der Waals surface area contributed by atoms with Gasteiger partial charge in [-0.25, -0.2) is 0 Å². The van der Waals surface area contributed by atoms with E-state index in [9.17, 15) is 14.7 Å². The van der Waals surface area contributed by atoms with Gasteiger partial charge in [0, 0.05) is 19.4 Å². The van der Waals surface area contributed by atoms with Crippen LogP contribution in [0.4, 0.5) is 0 Å². The summed E-state index contributed by atoms with van der Waals surface area (Å²) < 4.78 is 0.383. The molecule has 0 fully saturated rings. The molecule has 0 aliphatic carbocycles. The van der Waals surface area contributed by atoms with Crippen molar-refractivity contribution in [2.45, 2.75) is 129 Å². The number of rotatable bonds is 25. The summed E-state index contributed by atoms with van der Waals surface area (Å²) in [5.41, 5.74) is 0. The first-order chi connectivity index (χ1) is 16.4. The van der Waals surface area contributed by atoms with Crippen LogP contribution in [0.5, 0.6) is 0 Å². The first-order valence-electron chi connectivity index (χ1n) is 14.3. The highest BCUT2D eigenvalue weighted by atomic mass is 16.4. The Balaban J connectivity index is 3.32. The second kappa shape index (κ2) is 23.4. The number of carboxylic acids is 1. The fourth-order valence-corrected chi connectivity index (χ4v) is 4.32. The molecule has 0 aliphatic rings. The Bertz CT molecular complexity index is 518. The number of hydrogen-bond acceptors (Lipinski definition) is 3. The maximum atomic E-state index is 11.9. The lowest BCUT2D eigenvalue weighted by molar-refractivity contribution is -0.884. The third-order valence-electron chi connectivity index (χ3n) is 6.49. The van der Waals surface area contributed by atoms with Crippen LogP contribution in [0.25, 0.3) is 0 Å². The zero-order chi connectivity index (χ0) is 25.3. The molecule has 0 unspecified atom stereocenters. The summed E-state index contributed by atoms with van der Waals surface area (Å²) in [6.07, 6.45) is 28.3. The summed E-state index contributed by atoms with van der Waals surface area (Å²) in [6, 6.07) is 0. The second-order valence-electron chi connectivity index (χ2n) is 10.6. The van der Waals surface area contributed by atoms with Crippen LogP contribution in [-0.4, -0.2) is 50.1 Å². The number of quaternary nitrogens is 1. The molecule has 0 aromatic rings. The van der Waals surface area contributed by atoms with E-state index in [0.29, 0.717) is 24.0 Å². The molecule has 34 heavy (non-hydrogen) atoms. The van der Waals surface area contributed by atoms with Gasteiger partial charge in [-0.1, -0.05) is 96.1 Å². The molecule has 1 N–H and O–H groups in total. The Morgan fingerprint density at radius 2 is 1.18 bits per heavy atom. The highest BCUT2D eigenvalue weighted by Crippen LogP contribution is 2.12. The van der Waals surface area contributed by atoms with E-state index in [1.54, 1.807) is 0 Å². The van der Waals surface area contributed by atoms with Gasteiger partial charge in [0.15, 0.2) is 0 Å². The summed E-state index contributed by atoms with van der Waals surface area (Å²) in [5, 5.41) is 13.7. The van der Waals surface area contributed by atoms with Gasteiger partial charge in [-0.2, -0.15) is 0 Å². The Morgan fingerprint density at radius 3 is 1.68 bits per heavy atom. The fourth-order valence-electron chi connectivity index (χ4n) is 4.32. The third kappa shape index (κ3) is 25.3. The van der Waals surface area contributed by atoms with Crippen molar-refractivity contribution < 1.29 is 19.2 Å². The minimum Gasteiger partial charge on any atom is -0.544 e. The second-order valence-corrected chi connectivity index (χ2v) is 10.6. The third-order valence-corrected chi connectivity index (χ3v) is 6.49. The van der Waals surface area contributed by atoms with Crippen molar-refractivity contribution in [3.05, 3.63) is 12.2 Å². The molecule has 0 aliphatic heterocycles. The molecular weight excluding hydrogens is 424 g/mol. The molecule has 5 nitrogen and oxygen atoms in total. The van der Waals surface area contributed by atoms with E-state index in [1.807, 2.05) is 14.1 Å². The average molecular weight is 481 g/mol. The van der Waals surface area contributed by atoms with Gasteiger partial charge < -0.3 is 19.7 Å². The summed E-state index contributed by atoms with van der Waals surface area (Å²) in [6.45, 7) is 3.60. The van der Waals surface area contributed by atoms with Gasteiger partial charge in [0.2, 0.25) is 5.91 Å². The summed E-state index contributed by atoms with van der Waals surface area (Å²) in [4.78, 5) is 22.6. The van der Waals surface area contributed by atoms with Crippen LogP contribution in [-0.2, 0) is 9.59 Å². The predicted molar refractivity (Wildman–Crippen MR) is 142 cm³/mol. The van der Waals surface area contributed by atoms with Crippen LogP contribution in [0.2, 0.25) is 0 Å². The van der Waals surface area contributed by atoms with Gasteiger partial charge in [-0.3, -0.25) is 4.79 Å². The lowest BCUT2D eigenvalue weighted by Gasteiger charge is -2.30. The van der Waals surface area contributed by atoms with Gasteiger partial charge in [0.25, 0.3) is 0 Å². The van der Waals surface area contributed by atoms with Gasteiger partial charge in [0.1, 0.15) is 6.54 Å². The Morgan fingerprint density at radius 1 is 0.706 bits per heavy atom. The van der Waals surface area contributed by atoms with Gasteiger partial charge in [-0.05, 0) is 32.1 Å². The van der Waals surface area contributed by atoms with Crippen LogP contribution in [0.3, 0.4) is 0 Å². The number of allylic oxidation sites excluding steroid dienone is 2. The molecule has 0 saturated heterocycles. The van der Waals surface area contributed by atoms with Crippen molar-refractivity contribution in [3.63, 3.8) is 0 Å². The van der Waals surface area contributed by atoms with Crippen molar-refractivity contribution >= 4 is 11.9 Å². The number of amides is 1. The van der Waals surface area contributed by atoms with E-state index in [-0.39, 0.29) is 12.5 Å². The number of likely N-dealkylation sites (N-methyl/N-ethyl adjacent to an activating group) is 1. The molecule has 0 bridgehead atoms. The number of carbonyl (C=O) groups excluding carboxylic acids is 2. The molecule has 200 valence electrons. The maximum absolute atomic E-state index is 11.9. The van der Waals surface area contributed by atoms with Crippen LogP contribution in [0.15, 0.2) is 12.2 Å². The van der Waals surface area contributed by atoms with Crippen molar-refractivity contribution in [3.8, 4) is 0 Å². The number of nitrogens with one attached hydrogen (secondary N) is 1. The quantitative estimate of drug-likeness (QED) is 0.100. The average Bonchev–Trinajstić information content (AvgIpc) is 2.77. The minimum absolute atomic E-state index is 0.00461. The van der Waals surface area contributed by atoms with E-state index in [2.05, 4.69) is 24.4 Å². The van der Waals surface area contributed by atoms with Crippen LogP contribution in [0.1, 0.15) is 129 Å². The number of unbranched alkanes of at least 4 members (excludes halogenated alkanes) is 15. The molecule has 0 heterocycles. The number of nitrogens with zero attached hydrogens (tertiary/aromatic N) is 1. The van der Waals surface area contributed by atoms with Crippen LogP contribution in [0, 0.1) is 0 Å². The Kier molecular flexibility index (Phi) is 22.4. The summed E-state index contributed by atoms with van der Waals surface area (Å²) >= 11 is 0. The molecule has 0 radical (unpaired) electrons. The molecule has 0 saturated carbocycles. The standard InChI is InChI=1S/C29H56N2O3/c1-4-5-6-7-8-9-10-11-12-13-14-15-16-17-18-19-20-21-22-24-28(32)30-25-23-26-31(2,3)27-29(33)34/h11-12H,4-10,13-27H2,1-3H3,(H-,30,32,33,34). The first kappa shape index (κ1) is 32.6. The molecule has 0 spiro atoms. The number of carboxylic acid groups (broad SMARTS) is 1. The normalized spacial score (nSPS) is 11.9. The predicted octanol–water partition coefficient (Wildman–Crippen LogP) is 5.92. The molecule has 0 atom stereocenters. The Labute approximate surface area is 211 Å². The van der Waals surface area contributed by atoms with Crippen LogP contribution >= 0.6 is 0 Å². The maximum Gasteiger partial charge on any atom is 0.219 e. The van der Waals surface area contributed by atoms with E-state index >= 15 is 0 Å². The number of hydrogen-bond donors (Lipinski definition) is 1. The monoisotopic (exact) mass is 480 g/mol. The van der Waals surface area contributed by atoms with E-state index < -0.39 is 5.97 Å². The zero-order valence-corrected chi connectivity index (χ0v) is 22.9. The number of carbonyl (C=O) groups is 2. The van der Waals surface area contributed by atoms with Crippen molar-refractivity contribution in [2.24, 2.45) is 0 Å². The molecule has 0 aromatic carbocycles. The van der Waals surface area contributed by atoms with Gasteiger partial charge >= 0.3 is 0 Å². The van der Waals surface area contributed by atoms with Crippen molar-refractivity contribution in [1.29, 1.82) is 0 Å². The molecule has 5 heteroatoms. The first-order valence-corrected chi connectivity index (χ1v) is 14.3. The SMILES string of the molecule is CCCCCCCCC=CCCCCCCCCCCCC(=O)NCCC[N+](C)(C)CC(=O)[O-]. The molecule has 1 amide bonds. The van der Waals surface area contributed by atoms with Crippen molar-refractivity contribution in [1.82, 2.24) is 5.32 Å². The smallest absolute Gasteiger partial charge is 0.219 e. The molecular formula is C29H56N2O3. The van der Waals surface area contributed by atoms with E-state index in [0.717, 1.165) is 19.3 Å². The zero-order valence-electron chi connectivity index (χ0n) is 22.9. The highest BCUT2D eigenvalue weighted by Gasteiger charge is 2.14. The summed E-state index contributed by atoms with van der Waals surface area (Å²) in [7, 11) is 3.74. The lowest BCUT2D eigenvalue weighted by Crippen LogP contribution is -2.49. The highest BCUT2D eigenvalue weighted by molar-refractivity contribution is 5.75. The fraction of sp³-hybridized carbons (Fsp3) is 0.862.